The molecule has 0 saturated carbocycles. The predicted octanol–water partition coefficient (Wildman–Crippen LogP) is 1.83. The number of amidine groups is 1. The van der Waals surface area contributed by atoms with Crippen LogP contribution in [0.2, 0.25) is 0 Å². The summed E-state index contributed by atoms with van der Waals surface area (Å²) in [5.74, 6) is 1.18. The van der Waals surface area contributed by atoms with Gasteiger partial charge in [-0.05, 0) is 18.1 Å². The lowest BCUT2D eigenvalue weighted by molar-refractivity contribution is 0.531. The number of rotatable bonds is 2. The Morgan fingerprint density at radius 2 is 2.24 bits per heavy atom. The van der Waals surface area contributed by atoms with Gasteiger partial charge in [0.15, 0.2) is 0 Å². The average molecular weight is 229 g/mol. The van der Waals surface area contributed by atoms with Gasteiger partial charge in [-0.1, -0.05) is 25.1 Å². The highest BCUT2D eigenvalue weighted by molar-refractivity contribution is 5.98. The zero-order valence-corrected chi connectivity index (χ0v) is 10.5. The number of hydrogen-bond acceptors (Lipinski definition) is 3. The molecule has 3 heteroatoms. The lowest BCUT2D eigenvalue weighted by atomic mass is 9.90. The van der Waals surface area contributed by atoms with Crippen molar-refractivity contribution in [1.29, 1.82) is 0 Å². The first-order valence-corrected chi connectivity index (χ1v) is 6.38. The minimum atomic E-state index is 0.0557. The van der Waals surface area contributed by atoms with Crippen LogP contribution in [0.5, 0.6) is 0 Å². The largest absolute Gasteiger partial charge is 0.370 e. The zero-order valence-electron chi connectivity index (χ0n) is 10.5. The van der Waals surface area contributed by atoms with Crippen LogP contribution in [0.25, 0.3) is 0 Å². The molecule has 1 aromatic carbocycles. The molecule has 17 heavy (non-hydrogen) atoms. The van der Waals surface area contributed by atoms with Crippen molar-refractivity contribution in [2.75, 3.05) is 25.0 Å². The fourth-order valence-electron chi connectivity index (χ4n) is 3.13. The van der Waals surface area contributed by atoms with Crippen molar-refractivity contribution in [3.63, 3.8) is 0 Å². The van der Waals surface area contributed by atoms with E-state index in [0.29, 0.717) is 0 Å². The van der Waals surface area contributed by atoms with Crippen LogP contribution in [0.4, 0.5) is 5.69 Å². The van der Waals surface area contributed by atoms with Gasteiger partial charge in [0.05, 0.1) is 6.54 Å². The van der Waals surface area contributed by atoms with Gasteiger partial charge < -0.3 is 10.2 Å². The molecule has 90 valence electrons. The van der Waals surface area contributed by atoms with Gasteiger partial charge in [0.2, 0.25) is 0 Å². The first-order chi connectivity index (χ1) is 8.28. The normalized spacial score (nSPS) is 26.7. The Morgan fingerprint density at radius 3 is 2.88 bits per heavy atom. The molecule has 0 saturated heterocycles. The van der Waals surface area contributed by atoms with Crippen LogP contribution in [0, 0.1) is 0 Å². The SMILES string of the molecule is CC[C@@]1(C2=NCCN2)Cc2ccccc2N1C. The summed E-state index contributed by atoms with van der Waals surface area (Å²) in [6.07, 6.45) is 2.16. The third-order valence-corrected chi connectivity index (χ3v) is 4.18. The molecule has 0 spiro atoms. The van der Waals surface area contributed by atoms with Crippen molar-refractivity contribution in [2.45, 2.75) is 25.3 Å². The lowest BCUT2D eigenvalue weighted by Gasteiger charge is -2.37. The number of hydrogen-bond donors (Lipinski definition) is 1. The van der Waals surface area contributed by atoms with Crippen molar-refractivity contribution >= 4 is 11.5 Å². The van der Waals surface area contributed by atoms with Gasteiger partial charge in [0, 0.05) is 25.7 Å². The molecule has 0 unspecified atom stereocenters. The number of likely N-dealkylation sites (N-methyl/N-ethyl adjacent to an activating group) is 1. The number of benzene rings is 1. The molecule has 3 rings (SSSR count). The highest BCUT2D eigenvalue weighted by Crippen LogP contribution is 2.40. The number of nitrogens with zero attached hydrogens (tertiary/aromatic N) is 2. The Bertz CT molecular complexity index is 466. The average Bonchev–Trinajstić information content (AvgIpc) is 2.97. The van der Waals surface area contributed by atoms with Crippen LogP contribution in [-0.2, 0) is 6.42 Å². The summed E-state index contributed by atoms with van der Waals surface area (Å²) in [4.78, 5) is 7.06. The van der Waals surface area contributed by atoms with E-state index in [0.717, 1.165) is 25.9 Å². The van der Waals surface area contributed by atoms with Gasteiger partial charge in [-0.25, -0.2) is 0 Å². The maximum atomic E-state index is 4.66. The van der Waals surface area contributed by atoms with Crippen LogP contribution in [-0.4, -0.2) is 31.5 Å². The molecule has 0 aromatic heterocycles. The van der Waals surface area contributed by atoms with Crippen LogP contribution in [0.1, 0.15) is 18.9 Å². The molecule has 0 amide bonds. The first kappa shape index (κ1) is 10.6. The van der Waals surface area contributed by atoms with E-state index in [1.165, 1.54) is 17.1 Å². The molecule has 2 aliphatic heterocycles. The van der Waals surface area contributed by atoms with E-state index in [4.69, 9.17) is 0 Å². The molecule has 3 nitrogen and oxygen atoms in total. The van der Waals surface area contributed by atoms with Gasteiger partial charge in [0.25, 0.3) is 0 Å². The second-order valence-electron chi connectivity index (χ2n) is 4.91. The van der Waals surface area contributed by atoms with Crippen molar-refractivity contribution in [1.82, 2.24) is 5.32 Å². The number of aliphatic imine (C=N–C) groups is 1. The summed E-state index contributed by atoms with van der Waals surface area (Å²) in [5, 5.41) is 3.46. The second-order valence-corrected chi connectivity index (χ2v) is 4.91. The molecule has 0 bridgehead atoms. The fourth-order valence-corrected chi connectivity index (χ4v) is 3.13. The molecule has 1 atom stereocenters. The van der Waals surface area contributed by atoms with Crippen molar-refractivity contribution in [3.05, 3.63) is 29.8 Å². The van der Waals surface area contributed by atoms with E-state index in [1.807, 2.05) is 0 Å². The Labute approximate surface area is 103 Å². The first-order valence-electron chi connectivity index (χ1n) is 6.38. The van der Waals surface area contributed by atoms with Gasteiger partial charge in [0.1, 0.15) is 11.4 Å². The topological polar surface area (TPSA) is 27.6 Å². The van der Waals surface area contributed by atoms with E-state index >= 15 is 0 Å². The maximum absolute atomic E-state index is 4.66. The van der Waals surface area contributed by atoms with E-state index in [1.54, 1.807) is 0 Å². The van der Waals surface area contributed by atoms with E-state index in [9.17, 15) is 0 Å². The van der Waals surface area contributed by atoms with Crippen LogP contribution >= 0.6 is 0 Å². The van der Waals surface area contributed by atoms with E-state index in [2.05, 4.69) is 53.4 Å². The Kier molecular flexibility index (Phi) is 2.35. The molecular weight excluding hydrogens is 210 g/mol. The zero-order chi connectivity index (χ0) is 11.9. The van der Waals surface area contributed by atoms with Crippen molar-refractivity contribution < 1.29 is 0 Å². The summed E-state index contributed by atoms with van der Waals surface area (Å²) >= 11 is 0. The molecule has 0 radical (unpaired) electrons. The molecule has 2 aliphatic rings. The Hall–Kier alpha value is -1.51. The van der Waals surface area contributed by atoms with Crippen LogP contribution in [0.15, 0.2) is 29.3 Å². The van der Waals surface area contributed by atoms with Crippen molar-refractivity contribution in [3.8, 4) is 0 Å². The maximum Gasteiger partial charge on any atom is 0.123 e. The molecular formula is C14H19N3. The molecule has 0 aliphatic carbocycles. The van der Waals surface area contributed by atoms with Crippen LogP contribution in [0.3, 0.4) is 0 Å². The summed E-state index contributed by atoms with van der Waals surface area (Å²) in [6.45, 7) is 4.16. The van der Waals surface area contributed by atoms with Gasteiger partial charge >= 0.3 is 0 Å². The van der Waals surface area contributed by atoms with Gasteiger partial charge in [-0.15, -0.1) is 0 Å². The Balaban J connectivity index is 2.05. The molecule has 2 heterocycles. The number of para-hydroxylation sites is 1. The van der Waals surface area contributed by atoms with E-state index < -0.39 is 0 Å². The molecule has 0 fully saturated rings. The van der Waals surface area contributed by atoms with Gasteiger partial charge in [-0.3, -0.25) is 4.99 Å². The summed E-state index contributed by atoms with van der Waals surface area (Å²) in [5.41, 5.74) is 2.85. The lowest BCUT2D eigenvalue weighted by Crippen LogP contribution is -2.55. The minimum absolute atomic E-state index is 0.0557. The minimum Gasteiger partial charge on any atom is -0.370 e. The summed E-state index contributed by atoms with van der Waals surface area (Å²) in [6, 6.07) is 8.69. The number of fused-ring (bicyclic) bond motifs is 1. The monoisotopic (exact) mass is 229 g/mol. The molecule has 1 aromatic rings. The quantitative estimate of drug-likeness (QED) is 0.838. The third kappa shape index (κ3) is 1.38. The summed E-state index contributed by atoms with van der Waals surface area (Å²) < 4.78 is 0. The standard InChI is InChI=1S/C14H19N3/c1-3-14(13-15-8-9-16-13)10-11-6-4-5-7-12(11)17(14)2/h4-7H,3,8-10H2,1-2H3,(H,15,16)/t14-/m0/s1. The van der Waals surface area contributed by atoms with E-state index in [-0.39, 0.29) is 5.54 Å². The van der Waals surface area contributed by atoms with Gasteiger partial charge in [-0.2, -0.15) is 0 Å². The molecule has 1 N–H and O–H groups in total. The fraction of sp³-hybridized carbons (Fsp3) is 0.500. The number of nitrogens with one attached hydrogen (secondary N) is 1. The highest BCUT2D eigenvalue weighted by Gasteiger charge is 2.45. The highest BCUT2D eigenvalue weighted by atomic mass is 15.3. The van der Waals surface area contributed by atoms with Crippen molar-refractivity contribution in [2.24, 2.45) is 4.99 Å². The summed E-state index contributed by atoms with van der Waals surface area (Å²) in [7, 11) is 2.19. The predicted molar refractivity (Wildman–Crippen MR) is 71.9 cm³/mol. The Morgan fingerprint density at radius 1 is 1.41 bits per heavy atom. The van der Waals surface area contributed by atoms with Crippen LogP contribution < -0.4 is 10.2 Å². The second kappa shape index (κ2) is 3.76. The smallest absolute Gasteiger partial charge is 0.123 e. The third-order valence-electron chi connectivity index (χ3n) is 4.18. The number of anilines is 1.